The molecule has 1 aliphatic carbocycles. The first-order valence-electron chi connectivity index (χ1n) is 7.51. The molecule has 1 aromatic carbocycles. The molecule has 1 saturated heterocycles. The zero-order valence-electron chi connectivity index (χ0n) is 12.2. The Balaban J connectivity index is 1.68. The lowest BCUT2D eigenvalue weighted by atomic mass is 10.1. The van der Waals surface area contributed by atoms with Gasteiger partial charge >= 0.3 is 0 Å². The monoisotopic (exact) mass is 294 g/mol. The van der Waals surface area contributed by atoms with E-state index < -0.39 is 0 Å². The summed E-state index contributed by atoms with van der Waals surface area (Å²) >= 11 is 6.42. The summed E-state index contributed by atoms with van der Waals surface area (Å²) in [4.78, 5) is 2.29. The van der Waals surface area contributed by atoms with Gasteiger partial charge in [0.2, 0.25) is 0 Å². The zero-order valence-corrected chi connectivity index (χ0v) is 13.0. The number of likely N-dealkylation sites (N-methyl/N-ethyl adjacent to an activating group) is 1. The fourth-order valence-corrected chi connectivity index (χ4v) is 3.10. The summed E-state index contributed by atoms with van der Waals surface area (Å²) in [6, 6.07) is 7.55. The maximum atomic E-state index is 6.42. The van der Waals surface area contributed by atoms with Crippen molar-refractivity contribution in [3.8, 4) is 0 Å². The molecule has 0 bridgehead atoms. The molecule has 0 radical (unpaired) electrons. The van der Waals surface area contributed by atoms with Gasteiger partial charge in [0.25, 0.3) is 0 Å². The van der Waals surface area contributed by atoms with E-state index in [0.717, 1.165) is 24.6 Å². The second kappa shape index (κ2) is 5.92. The molecule has 2 atom stereocenters. The molecule has 0 spiro atoms. The third kappa shape index (κ3) is 3.11. The number of nitrogens with one attached hydrogen (secondary N) is 1. The Labute approximate surface area is 126 Å². The lowest BCUT2D eigenvalue weighted by Crippen LogP contribution is -2.36. The molecule has 1 heterocycles. The largest absolute Gasteiger partial charge is 0.376 e. The first kappa shape index (κ1) is 14.2. The van der Waals surface area contributed by atoms with Crippen LogP contribution in [0.25, 0.3) is 0 Å². The average molecular weight is 295 g/mol. The number of ether oxygens (including phenoxy) is 1. The van der Waals surface area contributed by atoms with Crippen LogP contribution < -0.4 is 10.2 Å². The van der Waals surface area contributed by atoms with E-state index in [-0.39, 0.29) is 6.10 Å². The number of nitrogens with zero attached hydrogens (tertiary/aromatic N) is 1. The van der Waals surface area contributed by atoms with Gasteiger partial charge in [0.15, 0.2) is 0 Å². The number of rotatable bonds is 5. The number of halogens is 1. The molecule has 0 amide bonds. The van der Waals surface area contributed by atoms with Crippen molar-refractivity contribution < 1.29 is 4.74 Å². The Morgan fingerprint density at radius 2 is 2.15 bits per heavy atom. The van der Waals surface area contributed by atoms with Crippen LogP contribution in [0.1, 0.15) is 31.7 Å². The molecule has 110 valence electrons. The van der Waals surface area contributed by atoms with Crippen molar-refractivity contribution in [1.29, 1.82) is 0 Å². The van der Waals surface area contributed by atoms with Gasteiger partial charge < -0.3 is 15.0 Å². The van der Waals surface area contributed by atoms with E-state index in [1.165, 1.54) is 24.1 Å². The van der Waals surface area contributed by atoms with Gasteiger partial charge in [-0.1, -0.05) is 17.7 Å². The van der Waals surface area contributed by atoms with E-state index in [0.29, 0.717) is 12.1 Å². The smallest absolute Gasteiger partial charge is 0.0750 e. The minimum Gasteiger partial charge on any atom is -0.376 e. The van der Waals surface area contributed by atoms with Crippen molar-refractivity contribution in [2.24, 2.45) is 0 Å². The third-order valence-electron chi connectivity index (χ3n) is 4.44. The summed E-state index contributed by atoms with van der Waals surface area (Å²) in [6.45, 7) is 3.87. The van der Waals surface area contributed by atoms with E-state index >= 15 is 0 Å². The van der Waals surface area contributed by atoms with Crippen LogP contribution in [0.4, 0.5) is 5.69 Å². The van der Waals surface area contributed by atoms with Crippen LogP contribution in [-0.2, 0) is 11.3 Å². The number of benzene rings is 1. The summed E-state index contributed by atoms with van der Waals surface area (Å²) in [7, 11) is 2.13. The Morgan fingerprint density at radius 1 is 1.35 bits per heavy atom. The standard InChI is InChI=1S/C16H23ClN2O/c1-11-16(7-8-20-11)19(2)14-6-3-12(15(17)9-14)10-18-13-4-5-13/h3,6,9,11,13,16,18H,4-5,7-8,10H2,1-2H3. The highest BCUT2D eigenvalue weighted by Crippen LogP contribution is 2.29. The van der Waals surface area contributed by atoms with Gasteiger partial charge in [-0.25, -0.2) is 0 Å². The molecule has 1 aromatic rings. The summed E-state index contributed by atoms with van der Waals surface area (Å²) < 4.78 is 5.65. The number of anilines is 1. The molecule has 0 aromatic heterocycles. The Bertz CT molecular complexity index is 476. The molecule has 3 rings (SSSR count). The van der Waals surface area contributed by atoms with E-state index in [1.807, 2.05) is 0 Å². The summed E-state index contributed by atoms with van der Waals surface area (Å²) in [6.07, 6.45) is 3.98. The highest BCUT2D eigenvalue weighted by Gasteiger charge is 2.28. The Morgan fingerprint density at radius 3 is 2.75 bits per heavy atom. The average Bonchev–Trinajstić information content (AvgIpc) is 3.17. The maximum absolute atomic E-state index is 6.42. The zero-order chi connectivity index (χ0) is 14.1. The molecule has 1 aliphatic heterocycles. The highest BCUT2D eigenvalue weighted by molar-refractivity contribution is 6.31. The minimum absolute atomic E-state index is 0.287. The lowest BCUT2D eigenvalue weighted by molar-refractivity contribution is 0.118. The van der Waals surface area contributed by atoms with Crippen molar-refractivity contribution in [3.63, 3.8) is 0 Å². The normalized spacial score (nSPS) is 25.9. The fourth-order valence-electron chi connectivity index (χ4n) is 2.86. The molecule has 1 saturated carbocycles. The van der Waals surface area contributed by atoms with Crippen molar-refractivity contribution >= 4 is 17.3 Å². The number of hydrogen-bond acceptors (Lipinski definition) is 3. The quantitative estimate of drug-likeness (QED) is 0.902. The van der Waals surface area contributed by atoms with Crippen molar-refractivity contribution in [2.45, 2.75) is 50.9 Å². The predicted octanol–water partition coefficient (Wildman–Crippen LogP) is 3.21. The van der Waals surface area contributed by atoms with Gasteiger partial charge in [0.05, 0.1) is 12.1 Å². The third-order valence-corrected chi connectivity index (χ3v) is 4.79. The molecule has 3 nitrogen and oxygen atoms in total. The van der Waals surface area contributed by atoms with Crippen LogP contribution in [0.2, 0.25) is 5.02 Å². The summed E-state index contributed by atoms with van der Waals surface area (Å²) in [5, 5.41) is 4.36. The molecule has 4 heteroatoms. The predicted molar refractivity (Wildman–Crippen MR) is 83.5 cm³/mol. The Hall–Kier alpha value is -0.770. The first-order valence-corrected chi connectivity index (χ1v) is 7.89. The van der Waals surface area contributed by atoms with Gasteiger partial charge in [0.1, 0.15) is 0 Å². The lowest BCUT2D eigenvalue weighted by Gasteiger charge is -2.29. The van der Waals surface area contributed by atoms with E-state index in [2.05, 4.69) is 42.4 Å². The van der Waals surface area contributed by atoms with Gasteiger partial charge in [-0.15, -0.1) is 0 Å². The molecule has 2 unspecified atom stereocenters. The topological polar surface area (TPSA) is 24.5 Å². The second-order valence-electron chi connectivity index (χ2n) is 5.97. The summed E-state index contributed by atoms with van der Waals surface area (Å²) in [5.74, 6) is 0. The SMILES string of the molecule is CC1OCCC1N(C)c1ccc(CNC2CC2)c(Cl)c1. The van der Waals surface area contributed by atoms with Crippen LogP contribution in [0, 0.1) is 0 Å². The van der Waals surface area contributed by atoms with Gasteiger partial charge in [-0.05, 0) is 43.9 Å². The van der Waals surface area contributed by atoms with Crippen molar-refractivity contribution in [3.05, 3.63) is 28.8 Å². The van der Waals surface area contributed by atoms with E-state index in [1.54, 1.807) is 0 Å². The molecule has 2 aliphatic rings. The summed E-state index contributed by atoms with van der Waals surface area (Å²) in [5.41, 5.74) is 2.36. The fraction of sp³-hybridized carbons (Fsp3) is 0.625. The van der Waals surface area contributed by atoms with Crippen LogP contribution in [0.3, 0.4) is 0 Å². The highest BCUT2D eigenvalue weighted by atomic mass is 35.5. The molecule has 2 fully saturated rings. The van der Waals surface area contributed by atoms with Crippen LogP contribution in [0.15, 0.2) is 18.2 Å². The van der Waals surface area contributed by atoms with Crippen molar-refractivity contribution in [1.82, 2.24) is 5.32 Å². The molecular formula is C16H23ClN2O. The van der Waals surface area contributed by atoms with Crippen LogP contribution in [-0.4, -0.2) is 31.8 Å². The van der Waals surface area contributed by atoms with E-state index in [4.69, 9.17) is 16.3 Å². The van der Waals surface area contributed by atoms with Crippen LogP contribution in [0.5, 0.6) is 0 Å². The van der Waals surface area contributed by atoms with Crippen molar-refractivity contribution in [2.75, 3.05) is 18.6 Å². The van der Waals surface area contributed by atoms with Gasteiger partial charge in [-0.2, -0.15) is 0 Å². The molecule has 1 N–H and O–H groups in total. The first-order chi connectivity index (χ1) is 9.65. The molecule has 20 heavy (non-hydrogen) atoms. The minimum atomic E-state index is 0.287. The Kier molecular flexibility index (Phi) is 4.20. The second-order valence-corrected chi connectivity index (χ2v) is 6.38. The molecular weight excluding hydrogens is 272 g/mol. The van der Waals surface area contributed by atoms with Gasteiger partial charge in [0, 0.05) is 37.0 Å². The van der Waals surface area contributed by atoms with Crippen LogP contribution >= 0.6 is 11.6 Å². The number of hydrogen-bond donors (Lipinski definition) is 1. The van der Waals surface area contributed by atoms with Gasteiger partial charge in [-0.3, -0.25) is 0 Å². The maximum Gasteiger partial charge on any atom is 0.0750 e. The van der Waals surface area contributed by atoms with E-state index in [9.17, 15) is 0 Å².